The molecule has 0 fully saturated rings. The highest BCUT2D eigenvalue weighted by Crippen LogP contribution is 2.25. The Morgan fingerprint density at radius 1 is 1.04 bits per heavy atom. The molecule has 0 aliphatic heterocycles. The number of halogens is 2. The summed E-state index contributed by atoms with van der Waals surface area (Å²) < 4.78 is 1.00. The summed E-state index contributed by atoms with van der Waals surface area (Å²) in [5.74, 6) is -0.458. The van der Waals surface area contributed by atoms with Crippen molar-refractivity contribution in [3.05, 3.63) is 105 Å². The second-order valence-electron chi connectivity index (χ2n) is 6.10. The largest absolute Gasteiger partial charge is 0.321 e. The van der Waals surface area contributed by atoms with Gasteiger partial charge in [-0.3, -0.25) is 4.79 Å². The lowest BCUT2D eigenvalue weighted by Crippen LogP contribution is -2.13. The van der Waals surface area contributed by atoms with Gasteiger partial charge >= 0.3 is 0 Å². The van der Waals surface area contributed by atoms with Crippen LogP contribution in [0.25, 0.3) is 6.08 Å². The van der Waals surface area contributed by atoms with Crippen molar-refractivity contribution in [1.82, 2.24) is 0 Å². The Morgan fingerprint density at radius 2 is 1.75 bits per heavy atom. The van der Waals surface area contributed by atoms with E-state index in [1.165, 1.54) is 0 Å². The summed E-state index contributed by atoms with van der Waals surface area (Å²) in [6, 6.07) is 24.4. The van der Waals surface area contributed by atoms with Crippen molar-refractivity contribution < 1.29 is 4.79 Å². The zero-order valence-corrected chi connectivity index (χ0v) is 17.2. The van der Waals surface area contributed by atoms with E-state index in [-0.39, 0.29) is 5.57 Å². The highest BCUT2D eigenvalue weighted by atomic mass is 79.9. The van der Waals surface area contributed by atoms with Gasteiger partial charge in [0.15, 0.2) is 0 Å². The Labute approximate surface area is 177 Å². The molecule has 0 aliphatic carbocycles. The Bertz CT molecular complexity index is 1070. The third-order valence-corrected chi connectivity index (χ3v) is 5.15. The second-order valence-corrected chi connectivity index (χ2v) is 7.39. The molecule has 3 rings (SSSR count). The van der Waals surface area contributed by atoms with E-state index in [4.69, 9.17) is 11.6 Å². The number of nitriles is 1. The highest BCUT2D eigenvalue weighted by Gasteiger charge is 2.12. The number of anilines is 1. The van der Waals surface area contributed by atoms with E-state index < -0.39 is 5.91 Å². The molecule has 1 N–H and O–H groups in total. The van der Waals surface area contributed by atoms with Crippen molar-refractivity contribution in [1.29, 1.82) is 5.26 Å². The van der Waals surface area contributed by atoms with Crippen molar-refractivity contribution in [2.24, 2.45) is 0 Å². The van der Waals surface area contributed by atoms with Crippen LogP contribution in [0, 0.1) is 11.3 Å². The van der Waals surface area contributed by atoms with Crippen LogP contribution in [0.15, 0.2) is 82.8 Å². The van der Waals surface area contributed by atoms with E-state index in [0.717, 1.165) is 21.2 Å². The first kappa shape index (κ1) is 19.9. The molecule has 0 heterocycles. The molecule has 28 heavy (non-hydrogen) atoms. The molecule has 0 atom stereocenters. The van der Waals surface area contributed by atoms with Crippen molar-refractivity contribution in [3.8, 4) is 6.07 Å². The topological polar surface area (TPSA) is 52.9 Å². The van der Waals surface area contributed by atoms with Crippen LogP contribution in [0.2, 0.25) is 5.02 Å². The number of benzene rings is 3. The Morgan fingerprint density at radius 3 is 2.46 bits per heavy atom. The van der Waals surface area contributed by atoms with Gasteiger partial charge in [0.1, 0.15) is 11.6 Å². The van der Waals surface area contributed by atoms with Crippen LogP contribution in [-0.2, 0) is 11.2 Å². The van der Waals surface area contributed by atoms with Gasteiger partial charge in [-0.05, 0) is 59.5 Å². The molecule has 138 valence electrons. The number of carbonyl (C=O) groups is 1. The Kier molecular flexibility index (Phi) is 6.65. The highest BCUT2D eigenvalue weighted by molar-refractivity contribution is 9.10. The van der Waals surface area contributed by atoms with Crippen LogP contribution in [0.4, 0.5) is 5.69 Å². The maximum absolute atomic E-state index is 12.5. The number of rotatable bonds is 5. The van der Waals surface area contributed by atoms with Gasteiger partial charge in [-0.1, -0.05) is 70.0 Å². The average molecular weight is 452 g/mol. The zero-order valence-electron chi connectivity index (χ0n) is 14.8. The van der Waals surface area contributed by atoms with Gasteiger partial charge in [-0.15, -0.1) is 0 Å². The summed E-state index contributed by atoms with van der Waals surface area (Å²) >= 11 is 9.72. The third kappa shape index (κ3) is 5.10. The predicted molar refractivity (Wildman–Crippen MR) is 117 cm³/mol. The number of carbonyl (C=O) groups excluding carboxylic acids is 1. The average Bonchev–Trinajstić information content (AvgIpc) is 2.70. The minimum absolute atomic E-state index is 0.0134. The summed E-state index contributed by atoms with van der Waals surface area (Å²) in [6.07, 6.45) is 2.22. The monoisotopic (exact) mass is 450 g/mol. The Balaban J connectivity index is 1.92. The van der Waals surface area contributed by atoms with Gasteiger partial charge in [0.2, 0.25) is 0 Å². The van der Waals surface area contributed by atoms with Crippen molar-refractivity contribution >= 4 is 45.2 Å². The summed E-state index contributed by atoms with van der Waals surface area (Å²) in [6.45, 7) is 0. The van der Waals surface area contributed by atoms with E-state index in [9.17, 15) is 10.1 Å². The number of nitrogens with zero attached hydrogens (tertiary/aromatic N) is 1. The first-order valence-corrected chi connectivity index (χ1v) is 9.74. The van der Waals surface area contributed by atoms with E-state index >= 15 is 0 Å². The normalized spacial score (nSPS) is 11.0. The first-order valence-electron chi connectivity index (χ1n) is 8.57. The number of amides is 1. The molecule has 0 spiro atoms. The van der Waals surface area contributed by atoms with E-state index in [1.54, 1.807) is 30.3 Å². The summed E-state index contributed by atoms with van der Waals surface area (Å²) in [5.41, 5.74) is 3.46. The van der Waals surface area contributed by atoms with Gasteiger partial charge in [-0.25, -0.2) is 0 Å². The zero-order chi connectivity index (χ0) is 19.9. The van der Waals surface area contributed by atoms with Gasteiger partial charge in [0, 0.05) is 15.2 Å². The van der Waals surface area contributed by atoms with Gasteiger partial charge in [0.25, 0.3) is 5.91 Å². The number of para-hydroxylation sites is 1. The van der Waals surface area contributed by atoms with Gasteiger partial charge < -0.3 is 5.32 Å². The molecule has 5 heteroatoms. The van der Waals surface area contributed by atoms with Crippen molar-refractivity contribution in [2.75, 3.05) is 5.32 Å². The molecule has 0 aromatic heterocycles. The second kappa shape index (κ2) is 9.36. The molecular formula is C23H16BrClN2O. The number of hydrogen-bond acceptors (Lipinski definition) is 2. The fourth-order valence-corrected chi connectivity index (χ4v) is 3.34. The van der Waals surface area contributed by atoms with Gasteiger partial charge in [0.05, 0.1) is 0 Å². The van der Waals surface area contributed by atoms with E-state index in [0.29, 0.717) is 17.1 Å². The lowest BCUT2D eigenvalue weighted by Gasteiger charge is -2.10. The van der Waals surface area contributed by atoms with Crippen molar-refractivity contribution in [2.45, 2.75) is 6.42 Å². The molecule has 3 aromatic rings. The van der Waals surface area contributed by atoms with Crippen LogP contribution in [0.3, 0.4) is 0 Å². The maximum Gasteiger partial charge on any atom is 0.266 e. The molecule has 0 saturated carbocycles. The lowest BCUT2D eigenvalue weighted by molar-refractivity contribution is -0.112. The third-order valence-electron chi connectivity index (χ3n) is 4.14. The molecule has 0 saturated heterocycles. The predicted octanol–water partition coefficient (Wildman–Crippen LogP) is 6.24. The number of nitrogens with one attached hydrogen (secondary N) is 1. The molecule has 0 aliphatic rings. The molecule has 0 radical (unpaired) electrons. The molecule has 3 nitrogen and oxygen atoms in total. The maximum atomic E-state index is 12.5. The number of hydrogen-bond donors (Lipinski definition) is 1. The van der Waals surface area contributed by atoms with E-state index in [2.05, 4.69) is 21.2 Å². The van der Waals surface area contributed by atoms with E-state index in [1.807, 2.05) is 54.6 Å². The summed E-state index contributed by atoms with van der Waals surface area (Å²) in [4.78, 5) is 12.5. The minimum atomic E-state index is -0.458. The lowest BCUT2D eigenvalue weighted by atomic mass is 9.98. The molecule has 0 unspecified atom stereocenters. The molecule has 3 aromatic carbocycles. The van der Waals surface area contributed by atoms with Crippen LogP contribution in [0.5, 0.6) is 0 Å². The fourth-order valence-electron chi connectivity index (χ4n) is 2.73. The van der Waals surface area contributed by atoms with Crippen LogP contribution in [0.1, 0.15) is 16.7 Å². The quantitative estimate of drug-likeness (QED) is 0.369. The van der Waals surface area contributed by atoms with Crippen LogP contribution >= 0.6 is 27.5 Å². The minimum Gasteiger partial charge on any atom is -0.321 e. The van der Waals surface area contributed by atoms with Gasteiger partial charge in [-0.2, -0.15) is 5.26 Å². The standard InChI is InChI=1S/C23H16BrClN2O/c24-22-9-5-4-6-17(22)12-16-10-11-20(25)14-18(16)13-19(15-26)23(28)27-21-7-2-1-3-8-21/h1-11,13-14H,12H2,(H,27,28)/b19-13+. The summed E-state index contributed by atoms with van der Waals surface area (Å²) in [7, 11) is 0. The fraction of sp³-hybridized carbons (Fsp3) is 0.0435. The Hall–Kier alpha value is -2.87. The molecule has 1 amide bonds. The summed E-state index contributed by atoms with van der Waals surface area (Å²) in [5, 5.41) is 12.8. The molecular weight excluding hydrogens is 436 g/mol. The molecule has 0 bridgehead atoms. The van der Waals surface area contributed by atoms with Crippen molar-refractivity contribution in [3.63, 3.8) is 0 Å². The smallest absolute Gasteiger partial charge is 0.266 e. The first-order chi connectivity index (χ1) is 13.6. The SMILES string of the molecule is N#C/C(=C\c1cc(Cl)ccc1Cc1ccccc1Br)C(=O)Nc1ccccc1. The van der Waals surface area contributed by atoms with Crippen LogP contribution in [-0.4, -0.2) is 5.91 Å². The van der Waals surface area contributed by atoms with Crippen LogP contribution < -0.4 is 5.32 Å².